The lowest BCUT2D eigenvalue weighted by Gasteiger charge is -2.27. The van der Waals surface area contributed by atoms with Crippen LogP contribution in [0.25, 0.3) is 0 Å². The monoisotopic (exact) mass is 242 g/mol. The Morgan fingerprint density at radius 3 is 2.53 bits per heavy atom. The van der Waals surface area contributed by atoms with Gasteiger partial charge in [0, 0.05) is 0 Å². The first-order chi connectivity index (χ1) is 7.97. The molecule has 1 rings (SSSR count). The van der Waals surface area contributed by atoms with E-state index >= 15 is 0 Å². The molecule has 0 amide bonds. The van der Waals surface area contributed by atoms with Crippen molar-refractivity contribution in [1.82, 2.24) is 0 Å². The minimum absolute atomic E-state index is 0.0343. The summed E-state index contributed by atoms with van der Waals surface area (Å²) in [6.45, 7) is 8.64. The Bertz CT molecular complexity index is 213. The average Bonchev–Trinajstić information content (AvgIpc) is 2.52. The van der Waals surface area contributed by atoms with E-state index in [0.717, 1.165) is 19.3 Å². The van der Waals surface area contributed by atoms with Gasteiger partial charge in [0.05, 0.1) is 18.3 Å². The minimum Gasteiger partial charge on any atom is -0.390 e. The molecule has 1 fully saturated rings. The molecule has 102 valence electrons. The number of aliphatic hydroxyl groups is 1. The molecule has 2 heteroatoms. The first-order valence-corrected chi connectivity index (χ1v) is 7.31. The predicted octanol–water partition coefficient (Wildman–Crippen LogP) is 3.91. The third kappa shape index (κ3) is 4.59. The summed E-state index contributed by atoms with van der Waals surface area (Å²) in [7, 11) is 0. The van der Waals surface area contributed by atoms with E-state index in [4.69, 9.17) is 4.74 Å². The molecule has 1 aliphatic rings. The fraction of sp³-hybridized carbons (Fsp3) is 1.00. The van der Waals surface area contributed by atoms with E-state index in [1.54, 1.807) is 0 Å². The minimum atomic E-state index is -0.291. The van der Waals surface area contributed by atoms with Crippen molar-refractivity contribution < 1.29 is 9.84 Å². The molecule has 0 heterocycles. The smallest absolute Gasteiger partial charge is 0.0852 e. The van der Waals surface area contributed by atoms with Crippen molar-refractivity contribution in [1.29, 1.82) is 0 Å². The van der Waals surface area contributed by atoms with E-state index in [0.29, 0.717) is 6.10 Å². The highest BCUT2D eigenvalue weighted by Gasteiger charge is 2.41. The van der Waals surface area contributed by atoms with Gasteiger partial charge in [-0.1, -0.05) is 46.5 Å². The second-order valence-corrected chi connectivity index (χ2v) is 6.31. The predicted molar refractivity (Wildman–Crippen MR) is 72.1 cm³/mol. The molecule has 1 saturated carbocycles. The molecule has 0 aromatic heterocycles. The Hall–Kier alpha value is -0.0800. The Morgan fingerprint density at radius 1 is 1.29 bits per heavy atom. The summed E-state index contributed by atoms with van der Waals surface area (Å²) in [6, 6.07) is 0. The van der Waals surface area contributed by atoms with E-state index in [-0.39, 0.29) is 17.6 Å². The van der Waals surface area contributed by atoms with E-state index in [1.807, 2.05) is 0 Å². The number of rotatable bonds is 7. The molecule has 0 saturated heterocycles. The molecule has 17 heavy (non-hydrogen) atoms. The third-order valence-electron chi connectivity index (χ3n) is 4.10. The molecule has 0 spiro atoms. The fourth-order valence-corrected chi connectivity index (χ4v) is 2.69. The summed E-state index contributed by atoms with van der Waals surface area (Å²) >= 11 is 0. The Kier molecular flexibility index (Phi) is 5.94. The van der Waals surface area contributed by atoms with Gasteiger partial charge in [0.15, 0.2) is 0 Å². The number of aliphatic hydroxyl groups excluding tert-OH is 1. The molecular weight excluding hydrogens is 212 g/mol. The third-order valence-corrected chi connectivity index (χ3v) is 4.10. The maximum Gasteiger partial charge on any atom is 0.0852 e. The summed E-state index contributed by atoms with van der Waals surface area (Å²) in [5.74, 6) is 0. The van der Waals surface area contributed by atoms with Gasteiger partial charge < -0.3 is 9.84 Å². The highest BCUT2D eigenvalue weighted by atomic mass is 16.5. The molecule has 0 radical (unpaired) electrons. The van der Waals surface area contributed by atoms with E-state index in [2.05, 4.69) is 27.7 Å². The molecule has 0 aliphatic heterocycles. The standard InChI is InChI=1S/C15H30O2/c1-5-6-7-8-9-12(2)17-13-10-11-15(3,4)14(13)16/h12-14,16H,5-11H2,1-4H3. The van der Waals surface area contributed by atoms with Crippen LogP contribution in [0.5, 0.6) is 0 Å². The maximum absolute atomic E-state index is 10.2. The Labute approximate surface area is 107 Å². The molecule has 3 unspecified atom stereocenters. The van der Waals surface area contributed by atoms with Gasteiger partial charge in [-0.3, -0.25) is 0 Å². The van der Waals surface area contributed by atoms with Gasteiger partial charge in [0.2, 0.25) is 0 Å². The van der Waals surface area contributed by atoms with Crippen molar-refractivity contribution in [3.05, 3.63) is 0 Å². The van der Waals surface area contributed by atoms with Crippen molar-refractivity contribution in [2.24, 2.45) is 5.41 Å². The molecule has 0 aromatic carbocycles. The van der Waals surface area contributed by atoms with Gasteiger partial charge in [-0.15, -0.1) is 0 Å². The van der Waals surface area contributed by atoms with E-state index in [9.17, 15) is 5.11 Å². The van der Waals surface area contributed by atoms with Crippen LogP contribution < -0.4 is 0 Å². The molecule has 3 atom stereocenters. The summed E-state index contributed by atoms with van der Waals surface area (Å²) < 4.78 is 5.99. The van der Waals surface area contributed by atoms with Gasteiger partial charge in [-0.2, -0.15) is 0 Å². The summed E-state index contributed by atoms with van der Waals surface area (Å²) in [4.78, 5) is 0. The van der Waals surface area contributed by atoms with Crippen molar-refractivity contribution in [2.75, 3.05) is 0 Å². The zero-order valence-corrected chi connectivity index (χ0v) is 12.0. The molecule has 0 aromatic rings. The first kappa shape index (κ1) is 15.0. The summed E-state index contributed by atoms with van der Waals surface area (Å²) in [5, 5.41) is 10.2. The maximum atomic E-state index is 10.2. The molecule has 1 aliphatic carbocycles. The number of ether oxygens (including phenoxy) is 1. The largest absolute Gasteiger partial charge is 0.390 e. The quantitative estimate of drug-likeness (QED) is 0.686. The first-order valence-electron chi connectivity index (χ1n) is 7.31. The van der Waals surface area contributed by atoms with Crippen molar-refractivity contribution in [2.45, 2.75) is 91.0 Å². The number of hydrogen-bond acceptors (Lipinski definition) is 2. The lowest BCUT2D eigenvalue weighted by atomic mass is 9.89. The van der Waals surface area contributed by atoms with Gasteiger partial charge in [0.1, 0.15) is 0 Å². The second-order valence-electron chi connectivity index (χ2n) is 6.31. The average molecular weight is 242 g/mol. The van der Waals surface area contributed by atoms with Crippen LogP contribution in [0.3, 0.4) is 0 Å². The topological polar surface area (TPSA) is 29.5 Å². The number of hydrogen-bond donors (Lipinski definition) is 1. The number of unbranched alkanes of at least 4 members (excludes halogenated alkanes) is 3. The van der Waals surface area contributed by atoms with Crippen LogP contribution in [0.1, 0.15) is 72.6 Å². The fourth-order valence-electron chi connectivity index (χ4n) is 2.69. The Balaban J connectivity index is 2.21. The lowest BCUT2D eigenvalue weighted by Crippen LogP contribution is -2.34. The van der Waals surface area contributed by atoms with Gasteiger partial charge in [0.25, 0.3) is 0 Å². The Morgan fingerprint density at radius 2 is 2.00 bits per heavy atom. The van der Waals surface area contributed by atoms with Crippen molar-refractivity contribution in [3.63, 3.8) is 0 Å². The second kappa shape index (κ2) is 6.75. The van der Waals surface area contributed by atoms with Gasteiger partial charge >= 0.3 is 0 Å². The van der Waals surface area contributed by atoms with Crippen LogP contribution in [-0.2, 0) is 4.74 Å². The van der Waals surface area contributed by atoms with Crippen LogP contribution in [-0.4, -0.2) is 23.4 Å². The van der Waals surface area contributed by atoms with Crippen LogP contribution >= 0.6 is 0 Å². The highest BCUT2D eigenvalue weighted by Crippen LogP contribution is 2.39. The SMILES string of the molecule is CCCCCCC(C)OC1CCC(C)(C)C1O. The molecule has 1 N–H and O–H groups in total. The van der Waals surface area contributed by atoms with Crippen LogP contribution in [0, 0.1) is 5.41 Å². The molecule has 0 bridgehead atoms. The van der Waals surface area contributed by atoms with Crippen molar-refractivity contribution >= 4 is 0 Å². The normalized spacial score (nSPS) is 29.5. The zero-order valence-electron chi connectivity index (χ0n) is 12.0. The molecular formula is C15H30O2. The van der Waals surface area contributed by atoms with Crippen molar-refractivity contribution in [3.8, 4) is 0 Å². The van der Waals surface area contributed by atoms with E-state index < -0.39 is 0 Å². The summed E-state index contributed by atoms with van der Waals surface area (Å²) in [6.07, 6.45) is 8.44. The molecule has 2 nitrogen and oxygen atoms in total. The lowest BCUT2D eigenvalue weighted by molar-refractivity contribution is -0.0800. The highest BCUT2D eigenvalue weighted by molar-refractivity contribution is 4.92. The zero-order chi connectivity index (χ0) is 12.9. The van der Waals surface area contributed by atoms with Gasteiger partial charge in [-0.05, 0) is 31.6 Å². The van der Waals surface area contributed by atoms with Gasteiger partial charge in [-0.25, -0.2) is 0 Å². The van der Waals surface area contributed by atoms with Crippen LogP contribution in [0.15, 0.2) is 0 Å². The van der Waals surface area contributed by atoms with Crippen LogP contribution in [0.2, 0.25) is 0 Å². The van der Waals surface area contributed by atoms with Crippen LogP contribution in [0.4, 0.5) is 0 Å². The summed E-state index contributed by atoms with van der Waals surface area (Å²) in [5.41, 5.74) is 0.0343. The van der Waals surface area contributed by atoms with E-state index in [1.165, 1.54) is 25.7 Å².